The van der Waals surface area contributed by atoms with Crippen LogP contribution in [0.25, 0.3) is 6.08 Å². The fourth-order valence-corrected chi connectivity index (χ4v) is 2.85. The van der Waals surface area contributed by atoms with Crippen molar-refractivity contribution in [1.29, 1.82) is 0 Å². The minimum Gasteiger partial charge on any atom is -0.465 e. The highest BCUT2D eigenvalue weighted by molar-refractivity contribution is 5.91. The third-order valence-electron chi connectivity index (χ3n) is 4.10. The number of methoxy groups -OCH3 is 1. The first-order valence-corrected chi connectivity index (χ1v) is 7.32. The summed E-state index contributed by atoms with van der Waals surface area (Å²) in [5, 5.41) is 2.92. The van der Waals surface area contributed by atoms with E-state index < -0.39 is 0 Å². The number of hydrogen-bond acceptors (Lipinski definition) is 3. The average molecular weight is 297 g/mol. The minimum absolute atomic E-state index is 0.149. The van der Waals surface area contributed by atoms with E-state index in [0.29, 0.717) is 12.3 Å². The summed E-state index contributed by atoms with van der Waals surface area (Å²) in [4.78, 5) is 11.9. The van der Waals surface area contributed by atoms with Gasteiger partial charge in [0.2, 0.25) is 5.91 Å². The Hall–Kier alpha value is -2.33. The summed E-state index contributed by atoms with van der Waals surface area (Å²) in [5.74, 6) is 0.508. The van der Waals surface area contributed by atoms with Crippen LogP contribution in [0.5, 0.6) is 0 Å². The Labute approximate surface area is 129 Å². The molecule has 1 heterocycles. The van der Waals surface area contributed by atoms with Gasteiger partial charge in [0.25, 0.3) is 0 Å². The molecule has 0 unspecified atom stereocenters. The van der Waals surface area contributed by atoms with Crippen LogP contribution in [0, 0.1) is 0 Å². The number of carbonyl (C=O) groups excluding carboxylic acids is 1. The number of amides is 1. The molecule has 1 amide bonds. The van der Waals surface area contributed by atoms with E-state index in [2.05, 4.69) is 17.4 Å². The summed E-state index contributed by atoms with van der Waals surface area (Å²) < 4.78 is 10.9. The van der Waals surface area contributed by atoms with Gasteiger partial charge in [0.05, 0.1) is 11.9 Å². The molecule has 1 aromatic heterocycles. The molecule has 4 nitrogen and oxygen atoms in total. The summed E-state index contributed by atoms with van der Waals surface area (Å²) >= 11 is 0. The van der Waals surface area contributed by atoms with Gasteiger partial charge in [-0.15, -0.1) is 0 Å². The van der Waals surface area contributed by atoms with Crippen LogP contribution in [0.4, 0.5) is 0 Å². The number of hydrogen-bond donors (Lipinski definition) is 1. The van der Waals surface area contributed by atoms with Crippen LogP contribution in [0.1, 0.15) is 16.9 Å². The summed E-state index contributed by atoms with van der Waals surface area (Å²) in [7, 11) is 1.71. The largest absolute Gasteiger partial charge is 0.465 e. The van der Waals surface area contributed by atoms with Gasteiger partial charge in [0.1, 0.15) is 5.76 Å². The standard InChI is InChI=1S/C18H19NO3/c1-21-18(11-14-5-2-3-6-15(14)12-18)13-19-17(20)9-8-16-7-4-10-22-16/h2-10H,11-13H2,1H3,(H,19,20)/b9-8+. The molecular weight excluding hydrogens is 278 g/mol. The summed E-state index contributed by atoms with van der Waals surface area (Å²) in [6.45, 7) is 0.486. The Balaban J connectivity index is 1.59. The van der Waals surface area contributed by atoms with Gasteiger partial charge in [-0.05, 0) is 29.3 Å². The molecule has 0 spiro atoms. The topological polar surface area (TPSA) is 51.5 Å². The third-order valence-corrected chi connectivity index (χ3v) is 4.10. The van der Waals surface area contributed by atoms with E-state index in [0.717, 1.165) is 12.8 Å². The molecule has 0 aliphatic heterocycles. The first-order valence-electron chi connectivity index (χ1n) is 7.32. The Morgan fingerprint density at radius 2 is 2.00 bits per heavy atom. The zero-order valence-electron chi connectivity index (χ0n) is 12.5. The minimum atomic E-state index is -0.349. The predicted octanol–water partition coefficient (Wildman–Crippen LogP) is 2.59. The molecular formula is C18H19NO3. The van der Waals surface area contributed by atoms with Crippen molar-refractivity contribution in [3.05, 3.63) is 65.6 Å². The van der Waals surface area contributed by atoms with E-state index in [-0.39, 0.29) is 11.5 Å². The fraction of sp³-hybridized carbons (Fsp3) is 0.278. The number of furan rings is 1. The number of rotatable bonds is 5. The van der Waals surface area contributed by atoms with Crippen LogP contribution in [-0.2, 0) is 22.4 Å². The molecule has 2 aromatic rings. The molecule has 0 radical (unpaired) electrons. The van der Waals surface area contributed by atoms with Crippen molar-refractivity contribution >= 4 is 12.0 Å². The van der Waals surface area contributed by atoms with Gasteiger partial charge in [-0.25, -0.2) is 0 Å². The van der Waals surface area contributed by atoms with Gasteiger partial charge in [-0.3, -0.25) is 4.79 Å². The highest BCUT2D eigenvalue weighted by Gasteiger charge is 2.37. The van der Waals surface area contributed by atoms with Gasteiger partial charge < -0.3 is 14.5 Å². The zero-order valence-corrected chi connectivity index (χ0v) is 12.5. The van der Waals surface area contributed by atoms with E-state index in [1.807, 2.05) is 12.1 Å². The van der Waals surface area contributed by atoms with E-state index in [4.69, 9.17) is 9.15 Å². The van der Waals surface area contributed by atoms with Crippen LogP contribution < -0.4 is 5.32 Å². The number of ether oxygens (including phenoxy) is 1. The molecule has 0 bridgehead atoms. The fourth-order valence-electron chi connectivity index (χ4n) is 2.85. The van der Waals surface area contributed by atoms with Crippen LogP contribution >= 0.6 is 0 Å². The zero-order chi connectivity index (χ0) is 15.4. The van der Waals surface area contributed by atoms with Crippen molar-refractivity contribution in [2.45, 2.75) is 18.4 Å². The highest BCUT2D eigenvalue weighted by Crippen LogP contribution is 2.32. The van der Waals surface area contributed by atoms with Gasteiger partial charge in [0.15, 0.2) is 0 Å². The highest BCUT2D eigenvalue weighted by atomic mass is 16.5. The first kappa shape index (κ1) is 14.6. The number of carbonyl (C=O) groups is 1. The van der Waals surface area contributed by atoms with Crippen LogP contribution in [0.2, 0.25) is 0 Å². The first-order chi connectivity index (χ1) is 10.7. The quantitative estimate of drug-likeness (QED) is 0.863. The lowest BCUT2D eigenvalue weighted by molar-refractivity contribution is -0.118. The molecule has 1 aliphatic carbocycles. The predicted molar refractivity (Wildman–Crippen MR) is 84.3 cm³/mol. The normalized spacial score (nSPS) is 15.9. The molecule has 0 saturated heterocycles. The second-order valence-electron chi connectivity index (χ2n) is 5.58. The van der Waals surface area contributed by atoms with Crippen molar-refractivity contribution in [3.63, 3.8) is 0 Å². The molecule has 22 heavy (non-hydrogen) atoms. The number of nitrogens with one attached hydrogen (secondary N) is 1. The monoisotopic (exact) mass is 297 g/mol. The van der Waals surface area contributed by atoms with Gasteiger partial charge >= 0.3 is 0 Å². The van der Waals surface area contributed by atoms with E-state index in [1.165, 1.54) is 17.2 Å². The molecule has 114 valence electrons. The lowest BCUT2D eigenvalue weighted by Crippen LogP contribution is -2.44. The average Bonchev–Trinajstić information content (AvgIpc) is 3.18. The Bertz CT molecular complexity index is 648. The maximum Gasteiger partial charge on any atom is 0.244 e. The molecule has 1 aromatic carbocycles. The molecule has 0 atom stereocenters. The van der Waals surface area contributed by atoms with Crippen LogP contribution in [-0.4, -0.2) is 25.2 Å². The van der Waals surface area contributed by atoms with Gasteiger partial charge in [-0.1, -0.05) is 24.3 Å². The molecule has 0 saturated carbocycles. The van der Waals surface area contributed by atoms with Crippen LogP contribution in [0.15, 0.2) is 53.2 Å². The summed E-state index contributed by atoms with van der Waals surface area (Å²) in [6.07, 6.45) is 6.35. The van der Waals surface area contributed by atoms with Crippen molar-refractivity contribution < 1.29 is 13.9 Å². The van der Waals surface area contributed by atoms with Crippen molar-refractivity contribution in [3.8, 4) is 0 Å². The van der Waals surface area contributed by atoms with Gasteiger partial charge in [-0.2, -0.15) is 0 Å². The Morgan fingerprint density at radius 3 is 2.59 bits per heavy atom. The van der Waals surface area contributed by atoms with Crippen molar-refractivity contribution in [2.75, 3.05) is 13.7 Å². The third kappa shape index (κ3) is 3.12. The lowest BCUT2D eigenvalue weighted by atomic mass is 10.00. The van der Waals surface area contributed by atoms with Gasteiger partial charge in [0, 0.05) is 32.6 Å². The number of benzene rings is 1. The SMILES string of the molecule is COC1(CNC(=O)/C=C/c2ccco2)Cc2ccccc2C1. The van der Waals surface area contributed by atoms with E-state index >= 15 is 0 Å². The van der Waals surface area contributed by atoms with E-state index in [1.54, 1.807) is 31.6 Å². The van der Waals surface area contributed by atoms with E-state index in [9.17, 15) is 4.79 Å². The second-order valence-corrected chi connectivity index (χ2v) is 5.58. The maximum absolute atomic E-state index is 11.9. The molecule has 4 heteroatoms. The van der Waals surface area contributed by atoms with Crippen molar-refractivity contribution in [1.82, 2.24) is 5.32 Å². The number of fused-ring (bicyclic) bond motifs is 1. The molecule has 1 N–H and O–H groups in total. The second kappa shape index (κ2) is 6.20. The molecule has 0 fully saturated rings. The molecule has 1 aliphatic rings. The smallest absolute Gasteiger partial charge is 0.244 e. The van der Waals surface area contributed by atoms with Crippen molar-refractivity contribution in [2.24, 2.45) is 0 Å². The summed E-state index contributed by atoms with van der Waals surface area (Å²) in [6, 6.07) is 11.9. The Kier molecular flexibility index (Phi) is 4.11. The lowest BCUT2D eigenvalue weighted by Gasteiger charge is -2.27. The molecule has 3 rings (SSSR count). The van der Waals surface area contributed by atoms with Crippen LogP contribution in [0.3, 0.4) is 0 Å². The Morgan fingerprint density at radius 1 is 1.27 bits per heavy atom. The summed E-state index contributed by atoms with van der Waals surface area (Å²) in [5.41, 5.74) is 2.24. The maximum atomic E-state index is 11.9.